The lowest BCUT2D eigenvalue weighted by atomic mass is 10.2. The minimum Gasteiger partial charge on any atom is -0.451 e. The van der Waals surface area contributed by atoms with Gasteiger partial charge in [0.1, 0.15) is 11.4 Å². The van der Waals surface area contributed by atoms with Crippen LogP contribution in [0.15, 0.2) is 44.7 Å². The first-order valence-electron chi connectivity index (χ1n) is 9.96. The Labute approximate surface area is 172 Å². The highest BCUT2D eigenvalue weighted by Crippen LogP contribution is 2.33. The van der Waals surface area contributed by atoms with Crippen molar-refractivity contribution in [2.75, 3.05) is 12.8 Å². The Hall–Kier alpha value is -2.61. The number of para-hydroxylation sites is 1. The van der Waals surface area contributed by atoms with E-state index >= 15 is 0 Å². The lowest BCUT2D eigenvalue weighted by Crippen LogP contribution is -2.26. The number of nitrogens with zero attached hydrogens (tertiary/aromatic N) is 3. The van der Waals surface area contributed by atoms with Gasteiger partial charge in [-0.3, -0.25) is 9.59 Å². The fourth-order valence-corrected chi connectivity index (χ4v) is 4.47. The van der Waals surface area contributed by atoms with Gasteiger partial charge in [0.25, 0.3) is 5.91 Å². The minimum atomic E-state index is -0.380. The Kier molecular flexibility index (Phi) is 5.99. The van der Waals surface area contributed by atoms with Crippen LogP contribution in [0.3, 0.4) is 0 Å². The maximum Gasteiger partial charge on any atom is 0.287 e. The van der Waals surface area contributed by atoms with Gasteiger partial charge in [-0.15, -0.1) is 10.2 Å². The van der Waals surface area contributed by atoms with E-state index in [0.717, 1.165) is 23.8 Å². The molecule has 8 heteroatoms. The zero-order chi connectivity index (χ0) is 20.2. The molecule has 1 fully saturated rings. The quantitative estimate of drug-likeness (QED) is 0.471. The van der Waals surface area contributed by atoms with Gasteiger partial charge in [0.2, 0.25) is 0 Å². The van der Waals surface area contributed by atoms with E-state index in [1.165, 1.54) is 31.7 Å². The molecule has 29 heavy (non-hydrogen) atoms. The molecule has 0 radical (unpaired) electrons. The SMILES string of the molecule is CSc1nnc(CCCNC(=O)c2cc(=O)c3ccccc3o2)n1C1CCCC1. The first-order valence-corrected chi connectivity index (χ1v) is 11.2. The van der Waals surface area contributed by atoms with Crippen molar-refractivity contribution in [3.63, 3.8) is 0 Å². The number of benzene rings is 1. The van der Waals surface area contributed by atoms with Crippen LogP contribution in [0.4, 0.5) is 0 Å². The van der Waals surface area contributed by atoms with Crippen molar-refractivity contribution in [3.8, 4) is 0 Å². The van der Waals surface area contributed by atoms with Crippen molar-refractivity contribution in [2.24, 2.45) is 0 Å². The number of rotatable bonds is 7. The fourth-order valence-electron chi connectivity index (χ4n) is 3.90. The van der Waals surface area contributed by atoms with E-state index in [-0.39, 0.29) is 17.1 Å². The largest absolute Gasteiger partial charge is 0.451 e. The predicted octanol–water partition coefficient (Wildman–Crippen LogP) is 3.58. The minimum absolute atomic E-state index is 0.0347. The Morgan fingerprint density at radius 2 is 2.07 bits per heavy atom. The second-order valence-corrected chi connectivity index (χ2v) is 8.02. The van der Waals surface area contributed by atoms with Gasteiger partial charge < -0.3 is 14.3 Å². The third-order valence-corrected chi connectivity index (χ3v) is 5.97. The molecule has 2 heterocycles. The van der Waals surface area contributed by atoms with Crippen LogP contribution in [0.1, 0.15) is 54.5 Å². The normalized spacial score (nSPS) is 14.5. The van der Waals surface area contributed by atoms with Crippen molar-refractivity contribution < 1.29 is 9.21 Å². The zero-order valence-electron chi connectivity index (χ0n) is 16.4. The summed E-state index contributed by atoms with van der Waals surface area (Å²) in [6.45, 7) is 0.474. The molecule has 1 aliphatic carbocycles. The summed E-state index contributed by atoms with van der Waals surface area (Å²) in [5.41, 5.74) is 0.200. The van der Waals surface area contributed by atoms with E-state index in [0.29, 0.717) is 23.6 Å². The lowest BCUT2D eigenvalue weighted by Gasteiger charge is -2.16. The van der Waals surface area contributed by atoms with E-state index in [2.05, 4.69) is 20.1 Å². The maximum atomic E-state index is 12.4. The number of hydrogen-bond donors (Lipinski definition) is 1. The van der Waals surface area contributed by atoms with Crippen LogP contribution in [-0.4, -0.2) is 33.5 Å². The molecule has 4 rings (SSSR count). The number of amides is 1. The summed E-state index contributed by atoms with van der Waals surface area (Å²) in [4.78, 5) is 24.6. The molecule has 1 amide bonds. The summed E-state index contributed by atoms with van der Waals surface area (Å²) in [5, 5.41) is 13.0. The summed E-state index contributed by atoms with van der Waals surface area (Å²) in [6.07, 6.45) is 8.37. The highest BCUT2D eigenvalue weighted by Gasteiger charge is 2.23. The second kappa shape index (κ2) is 8.82. The number of aromatic nitrogens is 3. The smallest absolute Gasteiger partial charge is 0.287 e. The van der Waals surface area contributed by atoms with Crippen molar-refractivity contribution >= 4 is 28.6 Å². The van der Waals surface area contributed by atoms with Gasteiger partial charge in [0.15, 0.2) is 16.3 Å². The van der Waals surface area contributed by atoms with Crippen molar-refractivity contribution in [1.82, 2.24) is 20.1 Å². The fraction of sp³-hybridized carbons (Fsp3) is 0.429. The molecular formula is C21H24N4O3S. The summed E-state index contributed by atoms with van der Waals surface area (Å²) in [7, 11) is 0. The average Bonchev–Trinajstić information content (AvgIpc) is 3.40. The van der Waals surface area contributed by atoms with Gasteiger partial charge >= 0.3 is 0 Å². The molecule has 152 valence electrons. The van der Waals surface area contributed by atoms with Crippen LogP contribution < -0.4 is 10.7 Å². The van der Waals surface area contributed by atoms with Crippen LogP contribution in [0.25, 0.3) is 11.0 Å². The van der Waals surface area contributed by atoms with Crippen LogP contribution in [-0.2, 0) is 6.42 Å². The molecule has 0 aliphatic heterocycles. The summed E-state index contributed by atoms with van der Waals surface area (Å²) >= 11 is 1.62. The van der Waals surface area contributed by atoms with Crippen molar-refractivity contribution in [2.45, 2.75) is 49.7 Å². The lowest BCUT2D eigenvalue weighted by molar-refractivity contribution is 0.0926. The van der Waals surface area contributed by atoms with Crippen LogP contribution in [0, 0.1) is 0 Å². The van der Waals surface area contributed by atoms with Gasteiger partial charge in [-0.05, 0) is 37.7 Å². The van der Waals surface area contributed by atoms with Crippen molar-refractivity contribution in [1.29, 1.82) is 0 Å². The second-order valence-electron chi connectivity index (χ2n) is 7.24. The molecule has 1 N–H and O–H groups in total. The van der Waals surface area contributed by atoms with Crippen LogP contribution >= 0.6 is 11.8 Å². The number of carbonyl (C=O) groups is 1. The molecule has 1 aliphatic rings. The molecule has 0 saturated heterocycles. The standard InChI is InChI=1S/C21H24N4O3S/c1-29-21-24-23-19(25(21)14-7-2-3-8-14)11-6-12-22-20(27)18-13-16(26)15-9-4-5-10-17(15)28-18/h4-5,9-10,13-14H,2-3,6-8,11-12H2,1H3,(H,22,27). The highest BCUT2D eigenvalue weighted by atomic mass is 32.2. The molecule has 1 aromatic carbocycles. The zero-order valence-corrected chi connectivity index (χ0v) is 17.2. The van der Waals surface area contributed by atoms with E-state index in [4.69, 9.17) is 4.42 Å². The summed E-state index contributed by atoms with van der Waals surface area (Å²) in [6, 6.07) is 8.66. The molecular weight excluding hydrogens is 388 g/mol. The summed E-state index contributed by atoms with van der Waals surface area (Å²) in [5.74, 6) is 0.634. The van der Waals surface area contributed by atoms with E-state index in [1.54, 1.807) is 36.0 Å². The molecule has 1 saturated carbocycles. The van der Waals surface area contributed by atoms with Gasteiger partial charge in [-0.1, -0.05) is 36.7 Å². The molecule has 0 unspecified atom stereocenters. The first-order chi connectivity index (χ1) is 14.2. The Morgan fingerprint density at radius 1 is 1.28 bits per heavy atom. The third kappa shape index (κ3) is 4.22. The van der Waals surface area contributed by atoms with E-state index in [1.807, 2.05) is 6.26 Å². The van der Waals surface area contributed by atoms with Gasteiger partial charge in [-0.25, -0.2) is 0 Å². The third-order valence-electron chi connectivity index (χ3n) is 5.33. The maximum absolute atomic E-state index is 12.4. The topological polar surface area (TPSA) is 90.0 Å². The van der Waals surface area contributed by atoms with Gasteiger partial charge in [-0.2, -0.15) is 0 Å². The molecule has 0 spiro atoms. The van der Waals surface area contributed by atoms with Crippen LogP contribution in [0.2, 0.25) is 0 Å². The number of carbonyl (C=O) groups excluding carboxylic acids is 1. The van der Waals surface area contributed by atoms with Gasteiger partial charge in [0.05, 0.1) is 5.39 Å². The number of hydrogen-bond acceptors (Lipinski definition) is 6. The van der Waals surface area contributed by atoms with Crippen molar-refractivity contribution in [3.05, 3.63) is 52.1 Å². The summed E-state index contributed by atoms with van der Waals surface area (Å²) < 4.78 is 7.86. The Balaban J connectivity index is 1.37. The van der Waals surface area contributed by atoms with Gasteiger partial charge in [0, 0.05) is 25.1 Å². The predicted molar refractivity (Wildman–Crippen MR) is 112 cm³/mol. The number of nitrogens with one attached hydrogen (secondary N) is 1. The molecule has 0 bridgehead atoms. The molecule has 2 aromatic heterocycles. The average molecular weight is 413 g/mol. The molecule has 0 atom stereocenters. The Morgan fingerprint density at radius 3 is 2.86 bits per heavy atom. The molecule has 7 nitrogen and oxygen atoms in total. The molecule has 3 aromatic rings. The number of aryl methyl sites for hydroxylation is 1. The monoisotopic (exact) mass is 412 g/mol. The van der Waals surface area contributed by atoms with Crippen LogP contribution in [0.5, 0.6) is 0 Å². The van der Waals surface area contributed by atoms with E-state index in [9.17, 15) is 9.59 Å². The highest BCUT2D eigenvalue weighted by molar-refractivity contribution is 7.98. The van der Waals surface area contributed by atoms with E-state index < -0.39 is 0 Å². The number of fused-ring (bicyclic) bond motifs is 1. The Bertz CT molecular complexity index is 1070. The number of thioether (sulfide) groups is 1. The first kappa shape index (κ1) is 19.7.